The van der Waals surface area contributed by atoms with Crippen LogP contribution < -0.4 is 0 Å². The lowest BCUT2D eigenvalue weighted by molar-refractivity contribution is -0.163. The van der Waals surface area contributed by atoms with Crippen LogP contribution in [-0.4, -0.2) is 50.3 Å². The van der Waals surface area contributed by atoms with Crippen molar-refractivity contribution >= 4 is 22.3 Å². The molecule has 0 spiro atoms. The lowest BCUT2D eigenvalue weighted by Gasteiger charge is -2.36. The van der Waals surface area contributed by atoms with Crippen LogP contribution in [0, 0.1) is 6.92 Å². The van der Waals surface area contributed by atoms with E-state index in [4.69, 9.17) is 4.74 Å². The molecule has 1 aliphatic heterocycles. The van der Waals surface area contributed by atoms with Crippen molar-refractivity contribution in [2.24, 2.45) is 0 Å². The molecule has 0 saturated carbocycles. The van der Waals surface area contributed by atoms with Gasteiger partial charge in [-0.2, -0.15) is 0 Å². The molecule has 0 aromatic heterocycles. The van der Waals surface area contributed by atoms with Gasteiger partial charge in [0.15, 0.2) is 11.6 Å². The molecule has 3 aromatic rings. The fraction of sp³-hybridized carbons (Fsp3) is 0.280. The number of benzene rings is 3. The van der Waals surface area contributed by atoms with Gasteiger partial charge in [0.05, 0.1) is 23.9 Å². The van der Waals surface area contributed by atoms with Crippen LogP contribution in [0.5, 0.6) is 11.5 Å². The van der Waals surface area contributed by atoms with E-state index in [1.54, 1.807) is 13.0 Å². The Labute approximate surface area is 183 Å². The second-order valence-electron chi connectivity index (χ2n) is 8.58. The molecule has 2 aliphatic rings. The molecule has 32 heavy (non-hydrogen) atoms. The summed E-state index contributed by atoms with van der Waals surface area (Å²) in [5, 5.41) is 42.5. The number of hydrogen-bond donors (Lipinski definition) is 4. The first-order valence-corrected chi connectivity index (χ1v) is 10.4. The van der Waals surface area contributed by atoms with E-state index in [2.05, 4.69) is 0 Å². The zero-order valence-corrected chi connectivity index (χ0v) is 17.5. The predicted molar refractivity (Wildman–Crippen MR) is 115 cm³/mol. The van der Waals surface area contributed by atoms with Gasteiger partial charge in [0.25, 0.3) is 0 Å². The normalized spacial score (nSPS) is 25.0. The molecule has 1 heterocycles. The summed E-state index contributed by atoms with van der Waals surface area (Å²) in [6.45, 7) is 3.43. The third-order valence-electron chi connectivity index (χ3n) is 6.45. The smallest absolute Gasteiger partial charge is 0.198 e. The average molecular weight is 434 g/mol. The highest BCUT2D eigenvalue weighted by Crippen LogP contribution is 2.43. The number of aliphatic hydroxyl groups is 2. The van der Waals surface area contributed by atoms with Gasteiger partial charge in [-0.1, -0.05) is 18.2 Å². The van der Waals surface area contributed by atoms with Crippen LogP contribution in [0.4, 0.5) is 0 Å². The van der Waals surface area contributed by atoms with Gasteiger partial charge in [0, 0.05) is 34.1 Å². The number of aromatic hydroxyl groups is 2. The van der Waals surface area contributed by atoms with Gasteiger partial charge in [0.2, 0.25) is 0 Å². The molecule has 0 radical (unpaired) electrons. The number of phenols is 2. The molecule has 0 amide bonds. The maximum Gasteiger partial charge on any atom is 0.198 e. The minimum Gasteiger partial charge on any atom is -0.507 e. The van der Waals surface area contributed by atoms with Crippen LogP contribution in [0.15, 0.2) is 36.4 Å². The van der Waals surface area contributed by atoms with E-state index in [0.29, 0.717) is 10.8 Å². The SMILES string of the molecule is Cc1cc(O)c2c3c(ccc2c1)C(=O)c1c(ccc([C@H]2C[C@@H](O)[C@H](O)[C@@H](C)O2)c1O)C3=O. The van der Waals surface area contributed by atoms with Crippen LogP contribution >= 0.6 is 0 Å². The van der Waals surface area contributed by atoms with E-state index in [1.807, 2.05) is 13.0 Å². The predicted octanol–water partition coefficient (Wildman–Crippen LogP) is 2.91. The first-order chi connectivity index (χ1) is 15.2. The van der Waals surface area contributed by atoms with Crippen molar-refractivity contribution in [2.45, 2.75) is 44.7 Å². The summed E-state index contributed by atoms with van der Waals surface area (Å²) in [5.41, 5.74) is 1.23. The minimum atomic E-state index is -1.05. The van der Waals surface area contributed by atoms with Gasteiger partial charge in [-0.05, 0) is 43.0 Å². The Morgan fingerprint density at radius 3 is 2.31 bits per heavy atom. The summed E-state index contributed by atoms with van der Waals surface area (Å²) < 4.78 is 5.74. The highest BCUT2D eigenvalue weighted by Gasteiger charge is 2.39. The van der Waals surface area contributed by atoms with E-state index in [-0.39, 0.29) is 45.7 Å². The Kier molecular flexibility index (Phi) is 4.60. The first kappa shape index (κ1) is 20.6. The Bertz CT molecular complexity index is 1300. The van der Waals surface area contributed by atoms with E-state index >= 15 is 0 Å². The molecule has 7 nitrogen and oxygen atoms in total. The van der Waals surface area contributed by atoms with E-state index in [0.717, 1.165) is 5.56 Å². The second-order valence-corrected chi connectivity index (χ2v) is 8.58. The largest absolute Gasteiger partial charge is 0.507 e. The van der Waals surface area contributed by atoms with Crippen molar-refractivity contribution in [3.63, 3.8) is 0 Å². The summed E-state index contributed by atoms with van der Waals surface area (Å²) in [4.78, 5) is 26.8. The molecule has 1 fully saturated rings. The van der Waals surface area contributed by atoms with Crippen LogP contribution in [0.25, 0.3) is 10.8 Å². The third-order valence-corrected chi connectivity index (χ3v) is 6.45. The first-order valence-electron chi connectivity index (χ1n) is 10.4. The molecule has 0 bridgehead atoms. The third kappa shape index (κ3) is 2.86. The van der Waals surface area contributed by atoms with E-state index in [9.17, 15) is 30.0 Å². The number of ketones is 2. The van der Waals surface area contributed by atoms with E-state index in [1.165, 1.54) is 24.3 Å². The summed E-state index contributed by atoms with van der Waals surface area (Å²) in [6, 6.07) is 9.53. The molecule has 4 N–H and O–H groups in total. The number of aliphatic hydroxyl groups excluding tert-OH is 2. The zero-order chi connectivity index (χ0) is 22.9. The summed E-state index contributed by atoms with van der Waals surface area (Å²) in [6.07, 6.45) is -3.48. The molecule has 4 atom stereocenters. The Morgan fingerprint density at radius 2 is 1.59 bits per heavy atom. The lowest BCUT2D eigenvalue weighted by Crippen LogP contribution is -2.44. The fourth-order valence-electron chi connectivity index (χ4n) is 4.84. The Balaban J connectivity index is 1.66. The maximum atomic E-state index is 13.4. The maximum absolute atomic E-state index is 13.4. The minimum absolute atomic E-state index is 0.0361. The van der Waals surface area contributed by atoms with E-state index < -0.39 is 36.0 Å². The van der Waals surface area contributed by atoms with Crippen LogP contribution in [0.2, 0.25) is 0 Å². The topological polar surface area (TPSA) is 124 Å². The van der Waals surface area contributed by atoms with Crippen molar-refractivity contribution < 1.29 is 34.8 Å². The molecule has 0 unspecified atom stereocenters. The number of aryl methyl sites for hydroxylation is 1. The van der Waals surface area contributed by atoms with Gasteiger partial charge in [0.1, 0.15) is 17.6 Å². The molecule has 5 rings (SSSR count). The Morgan fingerprint density at radius 1 is 0.938 bits per heavy atom. The van der Waals surface area contributed by atoms with Gasteiger partial charge < -0.3 is 25.2 Å². The van der Waals surface area contributed by atoms with Gasteiger partial charge in [-0.15, -0.1) is 0 Å². The highest BCUT2D eigenvalue weighted by molar-refractivity contribution is 6.33. The molecular weight excluding hydrogens is 412 g/mol. The highest BCUT2D eigenvalue weighted by atomic mass is 16.5. The van der Waals surface area contributed by atoms with Crippen molar-refractivity contribution in [2.75, 3.05) is 0 Å². The number of ether oxygens (including phenoxy) is 1. The number of hydrogen-bond acceptors (Lipinski definition) is 7. The van der Waals surface area contributed by atoms with Crippen molar-refractivity contribution in [3.05, 3.63) is 69.8 Å². The average Bonchev–Trinajstić information content (AvgIpc) is 2.74. The molecule has 1 aliphatic carbocycles. The van der Waals surface area contributed by atoms with Gasteiger partial charge >= 0.3 is 0 Å². The monoisotopic (exact) mass is 434 g/mol. The van der Waals surface area contributed by atoms with Crippen molar-refractivity contribution in [3.8, 4) is 11.5 Å². The van der Waals surface area contributed by atoms with Crippen LogP contribution in [0.3, 0.4) is 0 Å². The standard InChI is InChI=1S/C25H22O7/c1-10-7-12-3-4-14-20(19(12)16(26)8-10)24(30)15-6-5-13(23(29)21(15)25(14)31)18-9-17(27)22(28)11(2)32-18/h3-8,11,17-18,22,26-29H,9H2,1-2H3/t11-,17-,18-,22-/m1/s1. The Hall–Kier alpha value is -3.26. The fourth-order valence-corrected chi connectivity index (χ4v) is 4.84. The molecular formula is C25H22O7. The van der Waals surface area contributed by atoms with Crippen molar-refractivity contribution in [1.82, 2.24) is 0 Å². The summed E-state index contributed by atoms with van der Waals surface area (Å²) in [5.74, 6) is -1.45. The summed E-state index contributed by atoms with van der Waals surface area (Å²) >= 11 is 0. The number of phenolic OH excluding ortho intramolecular Hbond substituents is 2. The number of carbonyl (C=O) groups excluding carboxylic acids is 2. The molecule has 7 heteroatoms. The molecule has 3 aromatic carbocycles. The lowest BCUT2D eigenvalue weighted by atomic mass is 9.79. The van der Waals surface area contributed by atoms with Gasteiger partial charge in [-0.3, -0.25) is 9.59 Å². The summed E-state index contributed by atoms with van der Waals surface area (Å²) in [7, 11) is 0. The molecule has 164 valence electrons. The van der Waals surface area contributed by atoms with Crippen LogP contribution in [-0.2, 0) is 4.74 Å². The molecule has 1 saturated heterocycles. The van der Waals surface area contributed by atoms with Crippen LogP contribution in [0.1, 0.15) is 62.4 Å². The van der Waals surface area contributed by atoms with Crippen molar-refractivity contribution in [1.29, 1.82) is 0 Å². The quantitative estimate of drug-likeness (QED) is 0.363. The number of carbonyl (C=O) groups is 2. The van der Waals surface area contributed by atoms with Gasteiger partial charge in [-0.25, -0.2) is 0 Å². The number of fused-ring (bicyclic) bond motifs is 4. The second kappa shape index (κ2) is 7.13. The number of rotatable bonds is 1. The zero-order valence-electron chi connectivity index (χ0n) is 17.5.